The van der Waals surface area contributed by atoms with Crippen molar-refractivity contribution in [3.05, 3.63) is 18.0 Å². The van der Waals surface area contributed by atoms with E-state index >= 15 is 0 Å². The number of aryl methyl sites for hydroxylation is 2. The summed E-state index contributed by atoms with van der Waals surface area (Å²) in [7, 11) is 3.79. The van der Waals surface area contributed by atoms with Crippen molar-refractivity contribution >= 4 is 29.9 Å². The summed E-state index contributed by atoms with van der Waals surface area (Å²) in [4.78, 5) is 4.27. The predicted molar refractivity (Wildman–Crippen MR) is 114 cm³/mol. The maximum atomic E-state index is 4.27. The van der Waals surface area contributed by atoms with E-state index in [4.69, 9.17) is 0 Å². The minimum atomic E-state index is 0. The minimum absolute atomic E-state index is 0. The molecule has 2 N–H and O–H groups in total. The normalized spacial score (nSPS) is 11.2. The molecule has 0 saturated heterocycles. The molecule has 0 unspecified atom stereocenters. The second-order valence-corrected chi connectivity index (χ2v) is 6.17. The van der Waals surface area contributed by atoms with Crippen molar-refractivity contribution < 1.29 is 0 Å². The molecule has 0 aliphatic heterocycles. The third kappa shape index (κ3) is 11.7. The van der Waals surface area contributed by atoms with Crippen molar-refractivity contribution in [1.82, 2.24) is 20.4 Å². The SMILES string of the molecule is CCCCCCCCCNC(=NC)NCCCc1cnn(C)c1.I. The van der Waals surface area contributed by atoms with Gasteiger partial charge in [0.2, 0.25) is 0 Å². The van der Waals surface area contributed by atoms with Gasteiger partial charge in [0.25, 0.3) is 0 Å². The summed E-state index contributed by atoms with van der Waals surface area (Å²) in [5, 5.41) is 11.0. The van der Waals surface area contributed by atoms with Crippen LogP contribution in [-0.2, 0) is 13.5 Å². The Morgan fingerprint density at radius 1 is 1.04 bits per heavy atom. The zero-order chi connectivity index (χ0) is 16.8. The van der Waals surface area contributed by atoms with Gasteiger partial charge in [0.05, 0.1) is 6.20 Å². The Balaban J connectivity index is 0.00000529. The van der Waals surface area contributed by atoms with Crippen molar-refractivity contribution in [3.8, 4) is 0 Å². The van der Waals surface area contributed by atoms with Crippen molar-refractivity contribution in [1.29, 1.82) is 0 Å². The van der Waals surface area contributed by atoms with Gasteiger partial charge in [-0.05, 0) is 24.8 Å². The number of nitrogens with one attached hydrogen (secondary N) is 2. The van der Waals surface area contributed by atoms with Crippen LogP contribution in [0.15, 0.2) is 17.4 Å². The number of nitrogens with zero attached hydrogens (tertiary/aromatic N) is 3. The first-order chi connectivity index (χ1) is 11.3. The second kappa shape index (κ2) is 15.7. The van der Waals surface area contributed by atoms with Crippen molar-refractivity contribution in [2.24, 2.45) is 12.0 Å². The highest BCUT2D eigenvalue weighted by molar-refractivity contribution is 14.0. The van der Waals surface area contributed by atoms with E-state index in [0.29, 0.717) is 0 Å². The van der Waals surface area contributed by atoms with Gasteiger partial charge in [-0.15, -0.1) is 24.0 Å². The summed E-state index contributed by atoms with van der Waals surface area (Å²) in [6, 6.07) is 0. The highest BCUT2D eigenvalue weighted by Crippen LogP contribution is 2.06. The maximum absolute atomic E-state index is 4.27. The molecule has 0 aliphatic carbocycles. The van der Waals surface area contributed by atoms with Crippen LogP contribution in [0.5, 0.6) is 0 Å². The molecule has 0 saturated carbocycles. The molecule has 0 amide bonds. The van der Waals surface area contributed by atoms with E-state index in [0.717, 1.165) is 31.9 Å². The number of halogens is 1. The Kier molecular flexibility index (Phi) is 15.2. The Bertz CT molecular complexity index is 431. The number of unbranched alkanes of at least 4 members (excludes halogenated alkanes) is 6. The fraction of sp³-hybridized carbons (Fsp3) is 0.778. The van der Waals surface area contributed by atoms with Crippen LogP contribution in [0.3, 0.4) is 0 Å². The van der Waals surface area contributed by atoms with Crippen molar-refractivity contribution in [2.45, 2.75) is 64.7 Å². The zero-order valence-corrected chi connectivity index (χ0v) is 18.0. The fourth-order valence-electron chi connectivity index (χ4n) is 2.61. The summed E-state index contributed by atoms with van der Waals surface area (Å²) in [6.45, 7) is 4.21. The molecule has 0 fully saturated rings. The van der Waals surface area contributed by atoms with Gasteiger partial charge < -0.3 is 10.6 Å². The first kappa shape index (κ1) is 23.2. The Morgan fingerprint density at radius 2 is 1.67 bits per heavy atom. The first-order valence-electron chi connectivity index (χ1n) is 9.18. The molecule has 0 radical (unpaired) electrons. The van der Waals surface area contributed by atoms with E-state index in [1.807, 2.05) is 25.0 Å². The molecule has 0 spiro atoms. The number of aromatic nitrogens is 2. The predicted octanol–water partition coefficient (Wildman–Crippen LogP) is 3.89. The quantitative estimate of drug-likeness (QED) is 0.220. The highest BCUT2D eigenvalue weighted by atomic mass is 127. The van der Waals surface area contributed by atoms with Crippen LogP contribution >= 0.6 is 24.0 Å². The number of hydrogen-bond acceptors (Lipinski definition) is 2. The molecule has 1 rings (SSSR count). The molecular weight excluding hydrogens is 413 g/mol. The molecule has 140 valence electrons. The number of rotatable bonds is 12. The second-order valence-electron chi connectivity index (χ2n) is 6.17. The first-order valence-corrected chi connectivity index (χ1v) is 9.18. The Hall–Kier alpha value is -0.790. The van der Waals surface area contributed by atoms with Gasteiger partial charge in [-0.2, -0.15) is 5.10 Å². The van der Waals surface area contributed by atoms with E-state index in [2.05, 4.69) is 33.8 Å². The van der Waals surface area contributed by atoms with E-state index in [1.54, 1.807) is 0 Å². The van der Waals surface area contributed by atoms with Gasteiger partial charge in [-0.25, -0.2) is 0 Å². The minimum Gasteiger partial charge on any atom is -0.356 e. The van der Waals surface area contributed by atoms with Gasteiger partial charge in [0.1, 0.15) is 0 Å². The van der Waals surface area contributed by atoms with Crippen LogP contribution in [0.25, 0.3) is 0 Å². The molecule has 1 aromatic heterocycles. The smallest absolute Gasteiger partial charge is 0.190 e. The van der Waals surface area contributed by atoms with Gasteiger partial charge in [-0.1, -0.05) is 45.4 Å². The molecule has 0 aromatic carbocycles. The topological polar surface area (TPSA) is 54.2 Å². The largest absolute Gasteiger partial charge is 0.356 e. The molecule has 6 heteroatoms. The summed E-state index contributed by atoms with van der Waals surface area (Å²) >= 11 is 0. The van der Waals surface area contributed by atoms with E-state index in [-0.39, 0.29) is 24.0 Å². The fourth-order valence-corrected chi connectivity index (χ4v) is 2.61. The molecule has 0 bridgehead atoms. The highest BCUT2D eigenvalue weighted by Gasteiger charge is 1.99. The Morgan fingerprint density at radius 3 is 2.25 bits per heavy atom. The van der Waals surface area contributed by atoms with Crippen LogP contribution in [0.4, 0.5) is 0 Å². The van der Waals surface area contributed by atoms with Crippen LogP contribution in [-0.4, -0.2) is 35.9 Å². The summed E-state index contributed by atoms with van der Waals surface area (Å²) < 4.78 is 1.85. The number of guanidine groups is 1. The average molecular weight is 449 g/mol. The van der Waals surface area contributed by atoms with Crippen LogP contribution in [0, 0.1) is 0 Å². The lowest BCUT2D eigenvalue weighted by atomic mass is 10.1. The van der Waals surface area contributed by atoms with Gasteiger partial charge in [0, 0.05) is 33.4 Å². The molecule has 5 nitrogen and oxygen atoms in total. The van der Waals surface area contributed by atoms with Crippen LogP contribution in [0.2, 0.25) is 0 Å². The van der Waals surface area contributed by atoms with E-state index in [9.17, 15) is 0 Å². The standard InChI is InChI=1S/C18H35N5.HI/c1-4-5-6-7-8-9-10-13-20-18(19-2)21-14-11-12-17-15-22-23(3)16-17;/h15-16H,4-14H2,1-3H3,(H2,19,20,21);1H. The van der Waals surface area contributed by atoms with Crippen molar-refractivity contribution in [2.75, 3.05) is 20.1 Å². The monoisotopic (exact) mass is 449 g/mol. The lowest BCUT2D eigenvalue weighted by molar-refractivity contribution is 0.583. The van der Waals surface area contributed by atoms with Crippen LogP contribution < -0.4 is 10.6 Å². The lowest BCUT2D eigenvalue weighted by Gasteiger charge is -2.11. The lowest BCUT2D eigenvalue weighted by Crippen LogP contribution is -2.38. The maximum Gasteiger partial charge on any atom is 0.190 e. The molecular formula is C18H36IN5. The Labute approximate surface area is 165 Å². The summed E-state index contributed by atoms with van der Waals surface area (Å²) in [6.07, 6.45) is 15.5. The molecule has 24 heavy (non-hydrogen) atoms. The van der Waals surface area contributed by atoms with Gasteiger partial charge in [-0.3, -0.25) is 9.67 Å². The third-order valence-electron chi connectivity index (χ3n) is 3.99. The van der Waals surface area contributed by atoms with Crippen LogP contribution in [0.1, 0.15) is 63.9 Å². The molecule has 1 heterocycles. The molecule has 1 aromatic rings. The van der Waals surface area contributed by atoms with Gasteiger partial charge >= 0.3 is 0 Å². The summed E-state index contributed by atoms with van der Waals surface area (Å²) in [5.41, 5.74) is 1.29. The van der Waals surface area contributed by atoms with Gasteiger partial charge in [0.15, 0.2) is 5.96 Å². The molecule has 0 aliphatic rings. The number of hydrogen-bond donors (Lipinski definition) is 2. The summed E-state index contributed by atoms with van der Waals surface area (Å²) in [5.74, 6) is 0.919. The number of aliphatic imine (C=N–C) groups is 1. The third-order valence-corrected chi connectivity index (χ3v) is 3.99. The average Bonchev–Trinajstić information content (AvgIpc) is 2.97. The molecule has 0 atom stereocenters. The van der Waals surface area contributed by atoms with E-state index < -0.39 is 0 Å². The zero-order valence-electron chi connectivity index (χ0n) is 15.7. The van der Waals surface area contributed by atoms with E-state index in [1.165, 1.54) is 50.5 Å². The van der Waals surface area contributed by atoms with Crippen molar-refractivity contribution in [3.63, 3.8) is 0 Å².